The van der Waals surface area contributed by atoms with Crippen LogP contribution in [0.3, 0.4) is 0 Å². The molecule has 1 atom stereocenters. The zero-order valence-corrected chi connectivity index (χ0v) is 13.3. The maximum Gasteiger partial charge on any atom is 0.356 e. The lowest BCUT2D eigenvalue weighted by atomic mass is 10.0. The fourth-order valence-electron chi connectivity index (χ4n) is 2.08. The standard InChI is InChI=1S/C17H16N4O4/c1-11(19)13(9-18)15(22)10-25-17(24)14-7-8-16(23)21(20-14)12-5-3-2-4-6-12/h2-7,13,20H,1,8,10,19H2/t13-/m0/s1. The molecule has 2 rings (SSSR count). The molecule has 128 valence electrons. The summed E-state index contributed by atoms with van der Waals surface area (Å²) in [5.74, 6) is -2.97. The van der Waals surface area contributed by atoms with Gasteiger partial charge < -0.3 is 10.5 Å². The van der Waals surface area contributed by atoms with E-state index in [1.54, 1.807) is 36.4 Å². The Labute approximate surface area is 144 Å². The van der Waals surface area contributed by atoms with Crippen molar-refractivity contribution in [3.63, 3.8) is 0 Å². The molecule has 0 saturated heterocycles. The van der Waals surface area contributed by atoms with Gasteiger partial charge in [0.05, 0.1) is 11.8 Å². The van der Waals surface area contributed by atoms with Crippen LogP contribution in [0.4, 0.5) is 5.69 Å². The van der Waals surface area contributed by atoms with Gasteiger partial charge in [0.25, 0.3) is 0 Å². The van der Waals surface area contributed by atoms with Crippen molar-refractivity contribution in [2.45, 2.75) is 6.42 Å². The van der Waals surface area contributed by atoms with Crippen LogP contribution in [0.25, 0.3) is 0 Å². The molecular formula is C17H16N4O4. The van der Waals surface area contributed by atoms with Crippen molar-refractivity contribution in [1.82, 2.24) is 5.43 Å². The second-order valence-corrected chi connectivity index (χ2v) is 5.18. The first-order chi connectivity index (χ1) is 11.9. The largest absolute Gasteiger partial charge is 0.453 e. The van der Waals surface area contributed by atoms with Crippen molar-refractivity contribution in [2.24, 2.45) is 11.7 Å². The van der Waals surface area contributed by atoms with Gasteiger partial charge in [-0.1, -0.05) is 24.8 Å². The van der Waals surface area contributed by atoms with Gasteiger partial charge >= 0.3 is 5.97 Å². The Balaban J connectivity index is 2.00. The van der Waals surface area contributed by atoms with Gasteiger partial charge in [0.2, 0.25) is 5.91 Å². The Bertz CT molecular complexity index is 780. The van der Waals surface area contributed by atoms with Gasteiger partial charge in [0.1, 0.15) is 11.6 Å². The van der Waals surface area contributed by atoms with Crippen molar-refractivity contribution in [3.8, 4) is 6.07 Å². The zero-order valence-electron chi connectivity index (χ0n) is 13.3. The molecule has 0 aromatic heterocycles. The van der Waals surface area contributed by atoms with Crippen LogP contribution >= 0.6 is 0 Å². The summed E-state index contributed by atoms with van der Waals surface area (Å²) in [7, 11) is 0. The highest BCUT2D eigenvalue weighted by molar-refractivity contribution is 6.00. The van der Waals surface area contributed by atoms with E-state index in [2.05, 4.69) is 12.0 Å². The van der Waals surface area contributed by atoms with E-state index in [9.17, 15) is 14.4 Å². The summed E-state index contributed by atoms with van der Waals surface area (Å²) in [5.41, 5.74) is 8.48. The van der Waals surface area contributed by atoms with Gasteiger partial charge in [-0.25, -0.2) is 9.80 Å². The normalized spacial score (nSPS) is 14.6. The van der Waals surface area contributed by atoms with Crippen LogP contribution in [0.5, 0.6) is 0 Å². The van der Waals surface area contributed by atoms with Crippen molar-refractivity contribution in [2.75, 3.05) is 11.6 Å². The number of nitrogens with one attached hydrogen (secondary N) is 1. The molecule has 0 bridgehead atoms. The molecule has 3 N–H and O–H groups in total. The maximum absolute atomic E-state index is 12.1. The van der Waals surface area contributed by atoms with Crippen LogP contribution in [-0.2, 0) is 19.1 Å². The molecule has 0 aliphatic carbocycles. The van der Waals surface area contributed by atoms with Gasteiger partial charge in [0.15, 0.2) is 12.4 Å². The molecule has 25 heavy (non-hydrogen) atoms. The number of esters is 1. The average molecular weight is 340 g/mol. The first-order valence-electron chi connectivity index (χ1n) is 7.32. The minimum absolute atomic E-state index is 0.000695. The lowest BCUT2D eigenvalue weighted by molar-refractivity contribution is -0.145. The summed E-state index contributed by atoms with van der Waals surface area (Å²) in [6.45, 7) is 2.72. The summed E-state index contributed by atoms with van der Waals surface area (Å²) in [4.78, 5) is 35.9. The fourth-order valence-corrected chi connectivity index (χ4v) is 2.08. The number of hydrogen-bond acceptors (Lipinski definition) is 7. The summed E-state index contributed by atoms with van der Waals surface area (Å²) < 4.78 is 4.89. The van der Waals surface area contributed by atoms with E-state index < -0.39 is 24.3 Å². The number of ketones is 1. The number of ether oxygens (including phenoxy) is 1. The van der Waals surface area contributed by atoms with E-state index in [0.717, 1.165) is 0 Å². The topological polar surface area (TPSA) is 126 Å². The predicted molar refractivity (Wildman–Crippen MR) is 88.2 cm³/mol. The monoisotopic (exact) mass is 340 g/mol. The summed E-state index contributed by atoms with van der Waals surface area (Å²) >= 11 is 0. The van der Waals surface area contributed by atoms with E-state index in [4.69, 9.17) is 15.7 Å². The van der Waals surface area contributed by atoms with E-state index in [1.165, 1.54) is 11.1 Å². The minimum atomic E-state index is -1.23. The van der Waals surface area contributed by atoms with Crippen LogP contribution in [0.15, 0.2) is 54.4 Å². The number of benzene rings is 1. The Kier molecular flexibility index (Phi) is 5.53. The Morgan fingerprint density at radius 1 is 1.40 bits per heavy atom. The minimum Gasteiger partial charge on any atom is -0.453 e. The number of Topliss-reactive ketones (excluding diaryl/α,β-unsaturated/α-hetero) is 1. The van der Waals surface area contributed by atoms with Crippen LogP contribution in [0, 0.1) is 17.2 Å². The number of carbonyl (C=O) groups is 3. The average Bonchev–Trinajstić information content (AvgIpc) is 2.61. The van der Waals surface area contributed by atoms with Gasteiger partial charge in [-0.05, 0) is 18.2 Å². The SMILES string of the molecule is C=C(N)[C@H](C#N)C(=O)COC(=O)C1=CCC(=O)N(c2ccccc2)N1. The molecule has 0 saturated carbocycles. The summed E-state index contributed by atoms with van der Waals surface area (Å²) in [6.07, 6.45) is 1.37. The molecule has 1 amide bonds. The Hall–Kier alpha value is -3.60. The van der Waals surface area contributed by atoms with Crippen LogP contribution in [-0.4, -0.2) is 24.3 Å². The Morgan fingerprint density at radius 3 is 2.68 bits per heavy atom. The molecule has 8 heteroatoms. The number of nitrogens with two attached hydrogens (primary N) is 1. The number of hydrazine groups is 1. The number of amides is 1. The fraction of sp³-hybridized carbons (Fsp3) is 0.176. The van der Waals surface area contributed by atoms with E-state index in [1.807, 2.05) is 0 Å². The first-order valence-corrected chi connectivity index (χ1v) is 7.32. The highest BCUT2D eigenvalue weighted by atomic mass is 16.5. The van der Waals surface area contributed by atoms with Crippen molar-refractivity contribution < 1.29 is 19.1 Å². The Morgan fingerprint density at radius 2 is 2.08 bits per heavy atom. The predicted octanol–water partition coefficient (Wildman–Crippen LogP) is 0.536. The molecule has 1 aliphatic heterocycles. The number of para-hydroxylation sites is 1. The number of hydrogen-bond donors (Lipinski definition) is 2. The smallest absolute Gasteiger partial charge is 0.356 e. The number of nitrogens with zero attached hydrogens (tertiary/aromatic N) is 2. The highest BCUT2D eigenvalue weighted by Crippen LogP contribution is 2.17. The molecule has 1 aromatic rings. The van der Waals surface area contributed by atoms with Crippen LogP contribution < -0.4 is 16.2 Å². The summed E-state index contributed by atoms with van der Waals surface area (Å²) in [5, 5.41) is 10.1. The van der Waals surface area contributed by atoms with E-state index >= 15 is 0 Å². The third-order valence-corrected chi connectivity index (χ3v) is 3.36. The van der Waals surface area contributed by atoms with Gasteiger partial charge in [-0.2, -0.15) is 5.26 Å². The molecule has 0 radical (unpaired) electrons. The second-order valence-electron chi connectivity index (χ2n) is 5.18. The molecule has 0 fully saturated rings. The molecule has 1 aliphatic rings. The van der Waals surface area contributed by atoms with Gasteiger partial charge in [-0.3, -0.25) is 15.0 Å². The lowest BCUT2D eigenvalue weighted by Crippen LogP contribution is -2.47. The van der Waals surface area contributed by atoms with Gasteiger partial charge in [-0.15, -0.1) is 0 Å². The van der Waals surface area contributed by atoms with Crippen molar-refractivity contribution >= 4 is 23.3 Å². The number of rotatable bonds is 6. The highest BCUT2D eigenvalue weighted by Gasteiger charge is 2.26. The molecular weight excluding hydrogens is 324 g/mol. The molecule has 1 aromatic carbocycles. The molecule has 1 heterocycles. The zero-order chi connectivity index (χ0) is 18.4. The van der Waals surface area contributed by atoms with Crippen LogP contribution in [0.2, 0.25) is 0 Å². The number of carbonyl (C=O) groups excluding carboxylic acids is 3. The quantitative estimate of drug-likeness (QED) is 0.724. The number of nitriles is 1. The van der Waals surface area contributed by atoms with Crippen molar-refractivity contribution in [3.05, 3.63) is 54.4 Å². The molecule has 0 spiro atoms. The summed E-state index contributed by atoms with van der Waals surface area (Å²) in [6, 6.07) is 10.4. The van der Waals surface area contributed by atoms with Crippen LogP contribution in [0.1, 0.15) is 6.42 Å². The van der Waals surface area contributed by atoms with E-state index in [-0.39, 0.29) is 23.7 Å². The molecule has 8 nitrogen and oxygen atoms in total. The molecule has 0 unspecified atom stereocenters. The van der Waals surface area contributed by atoms with Gasteiger partial charge in [0, 0.05) is 12.1 Å². The van der Waals surface area contributed by atoms with Crippen molar-refractivity contribution in [1.29, 1.82) is 5.26 Å². The second kappa shape index (κ2) is 7.79. The third-order valence-electron chi connectivity index (χ3n) is 3.36. The maximum atomic E-state index is 12.1. The number of anilines is 1. The number of allylic oxidation sites excluding steroid dienone is 1. The third kappa shape index (κ3) is 4.23. The van der Waals surface area contributed by atoms with E-state index in [0.29, 0.717) is 5.69 Å². The lowest BCUT2D eigenvalue weighted by Gasteiger charge is -2.28. The first kappa shape index (κ1) is 17.7.